The van der Waals surface area contributed by atoms with E-state index >= 15 is 0 Å². The molecule has 1 fully saturated rings. The molecule has 100 valence electrons. The summed E-state index contributed by atoms with van der Waals surface area (Å²) >= 11 is 0. The standard InChI is InChI=1S/C13H22N4O/c1-2-3-8-15-13(18)12-11(14)9-17(16-12)10-6-4-5-7-10/h9-10H,2-8,14H2,1H3,(H,15,18). The highest BCUT2D eigenvalue weighted by Crippen LogP contribution is 2.29. The van der Waals surface area contributed by atoms with Gasteiger partial charge in [0.1, 0.15) is 0 Å². The second-order valence-electron chi connectivity index (χ2n) is 4.96. The topological polar surface area (TPSA) is 72.9 Å². The first-order valence-electron chi connectivity index (χ1n) is 6.85. The number of hydrogen-bond donors (Lipinski definition) is 2. The van der Waals surface area contributed by atoms with Crippen molar-refractivity contribution in [2.75, 3.05) is 12.3 Å². The van der Waals surface area contributed by atoms with Crippen molar-refractivity contribution < 1.29 is 4.79 Å². The Hall–Kier alpha value is -1.52. The molecule has 0 unspecified atom stereocenters. The van der Waals surface area contributed by atoms with Gasteiger partial charge >= 0.3 is 0 Å². The minimum Gasteiger partial charge on any atom is -0.396 e. The summed E-state index contributed by atoms with van der Waals surface area (Å²) in [6, 6.07) is 0.421. The Morgan fingerprint density at radius 1 is 1.56 bits per heavy atom. The number of carbonyl (C=O) groups is 1. The molecule has 18 heavy (non-hydrogen) atoms. The first kappa shape index (κ1) is 12.9. The van der Waals surface area contributed by atoms with Crippen molar-refractivity contribution in [2.24, 2.45) is 0 Å². The van der Waals surface area contributed by atoms with Gasteiger partial charge in [-0.25, -0.2) is 0 Å². The molecule has 1 aromatic rings. The molecule has 1 amide bonds. The summed E-state index contributed by atoms with van der Waals surface area (Å²) in [5.74, 6) is -0.155. The zero-order chi connectivity index (χ0) is 13.0. The van der Waals surface area contributed by atoms with E-state index in [1.165, 1.54) is 12.8 Å². The van der Waals surface area contributed by atoms with Crippen LogP contribution in [0.5, 0.6) is 0 Å². The lowest BCUT2D eigenvalue weighted by atomic mass is 10.3. The van der Waals surface area contributed by atoms with E-state index in [-0.39, 0.29) is 5.91 Å². The molecule has 5 heteroatoms. The Morgan fingerprint density at radius 2 is 2.28 bits per heavy atom. The van der Waals surface area contributed by atoms with Crippen LogP contribution < -0.4 is 11.1 Å². The van der Waals surface area contributed by atoms with E-state index in [1.54, 1.807) is 6.20 Å². The van der Waals surface area contributed by atoms with Crippen molar-refractivity contribution in [1.82, 2.24) is 15.1 Å². The van der Waals surface area contributed by atoms with Crippen LogP contribution in [0.15, 0.2) is 6.20 Å². The molecule has 0 aromatic carbocycles. The van der Waals surface area contributed by atoms with Gasteiger partial charge in [0.25, 0.3) is 5.91 Å². The van der Waals surface area contributed by atoms with E-state index in [4.69, 9.17) is 5.73 Å². The van der Waals surface area contributed by atoms with Crippen molar-refractivity contribution in [2.45, 2.75) is 51.5 Å². The minimum absolute atomic E-state index is 0.155. The van der Waals surface area contributed by atoms with Gasteiger partial charge in [0.05, 0.1) is 11.7 Å². The Bertz CT molecular complexity index is 407. The summed E-state index contributed by atoms with van der Waals surface area (Å²) in [6.45, 7) is 2.78. The Labute approximate surface area is 108 Å². The van der Waals surface area contributed by atoms with Crippen molar-refractivity contribution in [3.05, 3.63) is 11.9 Å². The van der Waals surface area contributed by atoms with Crippen molar-refractivity contribution in [1.29, 1.82) is 0 Å². The molecule has 1 aliphatic carbocycles. The summed E-state index contributed by atoms with van der Waals surface area (Å²) in [6.07, 6.45) is 8.59. The van der Waals surface area contributed by atoms with Gasteiger partial charge in [-0.2, -0.15) is 5.10 Å². The van der Waals surface area contributed by atoms with Crippen LogP contribution in [0, 0.1) is 0 Å². The molecule has 1 heterocycles. The average Bonchev–Trinajstić information content (AvgIpc) is 2.97. The third kappa shape index (κ3) is 2.83. The van der Waals surface area contributed by atoms with Gasteiger partial charge in [0, 0.05) is 12.7 Å². The van der Waals surface area contributed by atoms with Gasteiger partial charge in [-0.05, 0) is 19.3 Å². The number of nitrogens with zero attached hydrogens (tertiary/aromatic N) is 2. The number of anilines is 1. The molecule has 0 atom stereocenters. The zero-order valence-electron chi connectivity index (χ0n) is 11.0. The summed E-state index contributed by atoms with van der Waals surface area (Å²) in [5, 5.41) is 7.20. The molecule has 5 nitrogen and oxygen atoms in total. The predicted molar refractivity (Wildman–Crippen MR) is 71.4 cm³/mol. The summed E-state index contributed by atoms with van der Waals surface area (Å²) in [5.41, 5.74) is 6.73. The van der Waals surface area contributed by atoms with E-state index in [2.05, 4.69) is 17.3 Å². The van der Waals surface area contributed by atoms with Crippen LogP contribution in [0.1, 0.15) is 62.0 Å². The van der Waals surface area contributed by atoms with Crippen molar-refractivity contribution >= 4 is 11.6 Å². The Morgan fingerprint density at radius 3 is 2.94 bits per heavy atom. The highest BCUT2D eigenvalue weighted by Gasteiger charge is 2.21. The monoisotopic (exact) mass is 250 g/mol. The Balaban J connectivity index is 2.01. The lowest BCUT2D eigenvalue weighted by Gasteiger charge is -2.08. The molecule has 1 aromatic heterocycles. The first-order valence-corrected chi connectivity index (χ1v) is 6.85. The molecule has 0 saturated heterocycles. The van der Waals surface area contributed by atoms with Gasteiger partial charge in [-0.3, -0.25) is 9.48 Å². The molecule has 0 bridgehead atoms. The highest BCUT2D eigenvalue weighted by molar-refractivity contribution is 5.96. The smallest absolute Gasteiger partial charge is 0.273 e. The summed E-state index contributed by atoms with van der Waals surface area (Å²) < 4.78 is 1.87. The molecule has 0 spiro atoms. The van der Waals surface area contributed by atoms with Crippen LogP contribution in [-0.2, 0) is 0 Å². The van der Waals surface area contributed by atoms with Gasteiger partial charge in [-0.15, -0.1) is 0 Å². The van der Waals surface area contributed by atoms with E-state index < -0.39 is 0 Å². The third-order valence-electron chi connectivity index (χ3n) is 3.49. The highest BCUT2D eigenvalue weighted by atomic mass is 16.1. The molecule has 0 aliphatic heterocycles. The van der Waals surface area contributed by atoms with Crippen LogP contribution in [-0.4, -0.2) is 22.2 Å². The molecular formula is C13H22N4O. The predicted octanol–water partition coefficient (Wildman–Crippen LogP) is 2.11. The van der Waals surface area contributed by atoms with Gasteiger partial charge < -0.3 is 11.1 Å². The zero-order valence-corrected chi connectivity index (χ0v) is 11.0. The van der Waals surface area contributed by atoms with Crippen molar-refractivity contribution in [3.8, 4) is 0 Å². The van der Waals surface area contributed by atoms with Gasteiger partial charge in [-0.1, -0.05) is 26.2 Å². The number of amides is 1. The van der Waals surface area contributed by atoms with Crippen LogP contribution in [0.4, 0.5) is 5.69 Å². The number of nitrogens with two attached hydrogens (primary N) is 1. The summed E-state index contributed by atoms with van der Waals surface area (Å²) in [4.78, 5) is 11.9. The molecule has 2 rings (SSSR count). The normalized spacial score (nSPS) is 16.1. The maximum atomic E-state index is 11.9. The third-order valence-corrected chi connectivity index (χ3v) is 3.49. The maximum Gasteiger partial charge on any atom is 0.273 e. The minimum atomic E-state index is -0.155. The van der Waals surface area contributed by atoms with Crippen molar-refractivity contribution in [3.63, 3.8) is 0 Å². The second kappa shape index (κ2) is 5.89. The molecule has 0 radical (unpaired) electrons. The fraction of sp³-hybridized carbons (Fsp3) is 0.692. The lowest BCUT2D eigenvalue weighted by molar-refractivity contribution is 0.0948. The van der Waals surface area contributed by atoms with E-state index in [9.17, 15) is 4.79 Å². The molecule has 3 N–H and O–H groups in total. The Kier molecular flexibility index (Phi) is 4.23. The number of carbonyl (C=O) groups excluding carboxylic acids is 1. The number of aromatic nitrogens is 2. The molecular weight excluding hydrogens is 228 g/mol. The van der Waals surface area contributed by atoms with E-state index in [0.29, 0.717) is 24.0 Å². The first-order chi connectivity index (χ1) is 8.72. The second-order valence-corrected chi connectivity index (χ2v) is 4.96. The number of rotatable bonds is 5. The maximum absolute atomic E-state index is 11.9. The van der Waals surface area contributed by atoms with Crippen LogP contribution in [0.2, 0.25) is 0 Å². The van der Waals surface area contributed by atoms with Gasteiger partial charge in [0.2, 0.25) is 0 Å². The van der Waals surface area contributed by atoms with E-state index in [0.717, 1.165) is 25.7 Å². The fourth-order valence-corrected chi connectivity index (χ4v) is 2.40. The van der Waals surface area contributed by atoms with Crippen LogP contribution in [0.25, 0.3) is 0 Å². The SMILES string of the molecule is CCCCNC(=O)c1nn(C2CCCC2)cc1N. The summed E-state index contributed by atoms with van der Waals surface area (Å²) in [7, 11) is 0. The van der Waals surface area contributed by atoms with E-state index in [1.807, 2.05) is 4.68 Å². The van der Waals surface area contributed by atoms with Crippen LogP contribution in [0.3, 0.4) is 0 Å². The van der Waals surface area contributed by atoms with Gasteiger partial charge in [0.15, 0.2) is 5.69 Å². The number of unbranched alkanes of at least 4 members (excludes halogenated alkanes) is 1. The molecule has 1 saturated carbocycles. The number of hydrogen-bond acceptors (Lipinski definition) is 3. The number of nitrogens with one attached hydrogen (secondary N) is 1. The largest absolute Gasteiger partial charge is 0.396 e. The quantitative estimate of drug-likeness (QED) is 0.786. The fourth-order valence-electron chi connectivity index (χ4n) is 2.40. The lowest BCUT2D eigenvalue weighted by Crippen LogP contribution is -2.25. The number of nitrogen functional groups attached to an aromatic ring is 1. The molecule has 1 aliphatic rings. The average molecular weight is 250 g/mol. The van der Waals surface area contributed by atoms with Crippen LogP contribution >= 0.6 is 0 Å².